The van der Waals surface area contributed by atoms with E-state index in [-0.39, 0.29) is 16.6 Å². The van der Waals surface area contributed by atoms with Gasteiger partial charge in [0.05, 0.1) is 19.6 Å². The van der Waals surface area contributed by atoms with Crippen LogP contribution in [0.2, 0.25) is 0 Å². The number of aromatic hydroxyl groups is 1. The van der Waals surface area contributed by atoms with Crippen molar-refractivity contribution in [2.75, 3.05) is 14.2 Å². The monoisotopic (exact) mass is 340 g/mol. The van der Waals surface area contributed by atoms with Gasteiger partial charge in [-0.1, -0.05) is 17.7 Å². The predicted molar refractivity (Wildman–Crippen MR) is 97.9 cm³/mol. The molecule has 0 bridgehead atoms. The molecule has 1 N–H and O–H groups in total. The van der Waals surface area contributed by atoms with Gasteiger partial charge in [0, 0.05) is 11.6 Å². The molecule has 0 spiro atoms. The van der Waals surface area contributed by atoms with Gasteiger partial charge in [-0.05, 0) is 32.4 Å². The molecule has 130 valence electrons. The molecular weight excluding hydrogens is 320 g/mol. The van der Waals surface area contributed by atoms with Crippen LogP contribution in [-0.2, 0) is 6.42 Å². The minimum absolute atomic E-state index is 0.152. The van der Waals surface area contributed by atoms with Gasteiger partial charge in [0.2, 0.25) is 5.43 Å². The van der Waals surface area contributed by atoms with Crippen molar-refractivity contribution in [2.45, 2.75) is 20.3 Å². The molecule has 0 fully saturated rings. The van der Waals surface area contributed by atoms with Crippen molar-refractivity contribution in [3.63, 3.8) is 0 Å². The van der Waals surface area contributed by atoms with E-state index in [4.69, 9.17) is 13.9 Å². The van der Waals surface area contributed by atoms with Crippen LogP contribution in [-0.4, -0.2) is 19.3 Å². The highest BCUT2D eigenvalue weighted by Crippen LogP contribution is 2.37. The fourth-order valence-electron chi connectivity index (χ4n) is 2.87. The zero-order valence-electron chi connectivity index (χ0n) is 14.7. The molecule has 0 saturated carbocycles. The van der Waals surface area contributed by atoms with Crippen LogP contribution in [0, 0.1) is 0 Å². The van der Waals surface area contributed by atoms with E-state index >= 15 is 0 Å². The Kier molecular flexibility index (Phi) is 4.40. The van der Waals surface area contributed by atoms with Gasteiger partial charge in [0.1, 0.15) is 22.5 Å². The number of phenolic OH excluding ortho intramolecular Hbond substituents is 1. The molecule has 3 aromatic rings. The Morgan fingerprint density at radius 2 is 1.88 bits per heavy atom. The van der Waals surface area contributed by atoms with E-state index in [1.165, 1.54) is 20.3 Å². The first-order valence-corrected chi connectivity index (χ1v) is 7.93. The molecule has 0 aliphatic heterocycles. The van der Waals surface area contributed by atoms with Crippen LogP contribution < -0.4 is 14.9 Å². The summed E-state index contributed by atoms with van der Waals surface area (Å²) in [7, 11) is 3.04. The third kappa shape index (κ3) is 2.82. The van der Waals surface area contributed by atoms with Gasteiger partial charge in [-0.25, -0.2) is 0 Å². The smallest absolute Gasteiger partial charge is 0.204 e. The quantitative estimate of drug-likeness (QED) is 0.570. The number of hydrogen-bond donors (Lipinski definition) is 1. The Labute approximate surface area is 145 Å². The molecule has 0 aliphatic rings. The van der Waals surface area contributed by atoms with Gasteiger partial charge in [0.25, 0.3) is 0 Å². The molecule has 0 radical (unpaired) electrons. The number of hydrogen-bond acceptors (Lipinski definition) is 5. The molecule has 0 atom stereocenters. The van der Waals surface area contributed by atoms with E-state index in [1.54, 1.807) is 18.2 Å². The summed E-state index contributed by atoms with van der Waals surface area (Å²) in [5, 5.41) is 10.9. The zero-order valence-corrected chi connectivity index (χ0v) is 14.7. The summed E-state index contributed by atoms with van der Waals surface area (Å²) in [6, 6.07) is 6.56. The predicted octanol–water partition coefficient (Wildman–Crippen LogP) is 4.18. The number of methoxy groups -OCH3 is 2. The molecular formula is C20H20O5. The second kappa shape index (κ2) is 6.51. The summed E-state index contributed by atoms with van der Waals surface area (Å²) in [4.78, 5) is 12.9. The molecule has 25 heavy (non-hydrogen) atoms. The Morgan fingerprint density at radius 3 is 2.52 bits per heavy atom. The summed E-state index contributed by atoms with van der Waals surface area (Å²) in [5.41, 5.74) is 2.21. The van der Waals surface area contributed by atoms with Crippen molar-refractivity contribution in [1.29, 1.82) is 0 Å². The highest BCUT2D eigenvalue weighted by molar-refractivity contribution is 5.97. The highest BCUT2D eigenvalue weighted by Gasteiger charge is 2.20. The largest absolute Gasteiger partial charge is 0.507 e. The Balaban J connectivity index is 2.50. The van der Waals surface area contributed by atoms with Crippen molar-refractivity contribution in [2.24, 2.45) is 0 Å². The Hall–Kier alpha value is -2.95. The molecule has 5 nitrogen and oxygen atoms in total. The molecule has 1 aromatic heterocycles. The summed E-state index contributed by atoms with van der Waals surface area (Å²) in [5.74, 6) is 0.776. The van der Waals surface area contributed by atoms with Crippen LogP contribution in [0.25, 0.3) is 21.9 Å². The molecule has 1 heterocycles. The minimum atomic E-state index is -0.297. The van der Waals surface area contributed by atoms with Gasteiger partial charge in [-0.2, -0.15) is 0 Å². The SMILES string of the molecule is COc1cc(O)c2c(=O)c3cccc(OC)c3oc2c1CC=C(C)C. The number of fused-ring (bicyclic) bond motifs is 2. The maximum atomic E-state index is 12.9. The van der Waals surface area contributed by atoms with Gasteiger partial charge >= 0.3 is 0 Å². The zero-order chi connectivity index (χ0) is 18.1. The topological polar surface area (TPSA) is 68.9 Å². The normalized spacial score (nSPS) is 10.9. The third-order valence-corrected chi connectivity index (χ3v) is 4.13. The molecule has 3 rings (SSSR count). The second-order valence-electron chi connectivity index (χ2n) is 6.03. The molecule has 0 amide bonds. The van der Waals surface area contributed by atoms with E-state index in [2.05, 4.69) is 0 Å². The molecule has 0 saturated heterocycles. The van der Waals surface area contributed by atoms with Crippen LogP contribution >= 0.6 is 0 Å². The highest BCUT2D eigenvalue weighted by atomic mass is 16.5. The first-order valence-electron chi connectivity index (χ1n) is 7.93. The number of ether oxygens (including phenoxy) is 2. The summed E-state index contributed by atoms with van der Waals surface area (Å²) < 4.78 is 16.8. The summed E-state index contributed by atoms with van der Waals surface area (Å²) >= 11 is 0. The van der Waals surface area contributed by atoms with Crippen molar-refractivity contribution in [3.8, 4) is 17.2 Å². The van der Waals surface area contributed by atoms with E-state index in [9.17, 15) is 9.90 Å². The van der Waals surface area contributed by atoms with Crippen molar-refractivity contribution in [3.05, 3.63) is 51.7 Å². The average molecular weight is 340 g/mol. The van der Waals surface area contributed by atoms with Crippen LogP contribution in [0.3, 0.4) is 0 Å². The van der Waals surface area contributed by atoms with E-state index in [0.29, 0.717) is 40.0 Å². The van der Waals surface area contributed by atoms with Crippen LogP contribution in [0.4, 0.5) is 0 Å². The number of allylic oxidation sites excluding steroid dienone is 2. The van der Waals surface area contributed by atoms with Crippen LogP contribution in [0.15, 0.2) is 45.1 Å². The minimum Gasteiger partial charge on any atom is -0.507 e. The van der Waals surface area contributed by atoms with Gasteiger partial charge < -0.3 is 19.0 Å². The van der Waals surface area contributed by atoms with Gasteiger partial charge in [0.15, 0.2) is 11.3 Å². The number of para-hydroxylation sites is 1. The van der Waals surface area contributed by atoms with Gasteiger partial charge in [-0.15, -0.1) is 0 Å². The number of phenols is 1. The molecule has 0 aliphatic carbocycles. The fraction of sp³-hybridized carbons (Fsp3) is 0.250. The lowest BCUT2D eigenvalue weighted by molar-refractivity contribution is 0.402. The summed E-state index contributed by atoms with van der Waals surface area (Å²) in [6.07, 6.45) is 2.53. The first-order chi connectivity index (χ1) is 12.0. The van der Waals surface area contributed by atoms with Crippen LogP contribution in [0.1, 0.15) is 19.4 Å². The van der Waals surface area contributed by atoms with E-state index in [1.807, 2.05) is 19.9 Å². The maximum Gasteiger partial charge on any atom is 0.204 e. The summed E-state index contributed by atoms with van der Waals surface area (Å²) in [6.45, 7) is 3.98. The van der Waals surface area contributed by atoms with Crippen molar-refractivity contribution in [1.82, 2.24) is 0 Å². The fourth-order valence-corrected chi connectivity index (χ4v) is 2.87. The van der Waals surface area contributed by atoms with Crippen molar-refractivity contribution < 1.29 is 19.0 Å². The second-order valence-corrected chi connectivity index (χ2v) is 6.03. The third-order valence-electron chi connectivity index (χ3n) is 4.13. The lowest BCUT2D eigenvalue weighted by Gasteiger charge is -2.13. The van der Waals surface area contributed by atoms with Crippen molar-refractivity contribution >= 4 is 21.9 Å². The first kappa shape index (κ1) is 16.9. The molecule has 0 unspecified atom stereocenters. The lowest BCUT2D eigenvalue weighted by Crippen LogP contribution is -2.06. The van der Waals surface area contributed by atoms with E-state index in [0.717, 1.165) is 5.57 Å². The Morgan fingerprint density at radius 1 is 1.16 bits per heavy atom. The van der Waals surface area contributed by atoms with E-state index < -0.39 is 0 Å². The standard InChI is InChI=1S/C20H20O5/c1-11(2)8-9-12-16(24-4)10-14(21)17-18(22)13-6-5-7-15(23-3)19(13)25-20(12)17/h5-8,10,21H,9H2,1-4H3. The maximum absolute atomic E-state index is 12.9. The molecule has 2 aromatic carbocycles. The average Bonchev–Trinajstić information content (AvgIpc) is 2.59. The Bertz CT molecular complexity index is 1040. The number of rotatable bonds is 4. The molecule has 5 heteroatoms. The number of benzene rings is 2. The lowest BCUT2D eigenvalue weighted by atomic mass is 10.0. The van der Waals surface area contributed by atoms with Gasteiger partial charge in [-0.3, -0.25) is 4.79 Å². The van der Waals surface area contributed by atoms with Crippen LogP contribution in [0.5, 0.6) is 17.2 Å².